The maximum Gasteiger partial charge on any atom is 0.416 e. The van der Waals surface area contributed by atoms with Gasteiger partial charge in [-0.1, -0.05) is 6.07 Å². The zero-order valence-electron chi connectivity index (χ0n) is 10.4. The number of carbonyl (C=O) groups excluding carboxylic acids is 1. The van der Waals surface area contributed by atoms with Crippen LogP contribution in [-0.2, 0) is 11.0 Å². The predicted molar refractivity (Wildman–Crippen MR) is 64.7 cm³/mol. The van der Waals surface area contributed by atoms with E-state index >= 15 is 0 Å². The third-order valence-corrected chi connectivity index (χ3v) is 2.37. The standard InChI is InChI=1S/C12H15F3N2O2/c1-17(5-6-18)8-11(19)16-10-4-2-3-9(7-10)12(13,14)15/h2-4,7,18H,5-6,8H2,1H3,(H,16,19). The molecule has 0 aliphatic rings. The first-order valence-corrected chi connectivity index (χ1v) is 5.59. The second-order valence-corrected chi connectivity index (χ2v) is 4.09. The molecule has 0 bridgehead atoms. The summed E-state index contributed by atoms with van der Waals surface area (Å²) in [6, 6.07) is 4.44. The van der Waals surface area contributed by atoms with Crippen molar-refractivity contribution in [3.05, 3.63) is 29.8 Å². The number of nitrogens with zero attached hydrogens (tertiary/aromatic N) is 1. The van der Waals surface area contributed by atoms with Gasteiger partial charge in [-0.25, -0.2) is 0 Å². The summed E-state index contributed by atoms with van der Waals surface area (Å²) in [5, 5.41) is 11.0. The molecule has 0 spiro atoms. The molecule has 0 heterocycles. The summed E-state index contributed by atoms with van der Waals surface area (Å²) >= 11 is 0. The normalized spacial score (nSPS) is 11.7. The van der Waals surface area contributed by atoms with Crippen LogP contribution in [0.15, 0.2) is 24.3 Å². The number of alkyl halides is 3. The number of rotatable bonds is 5. The number of nitrogens with one attached hydrogen (secondary N) is 1. The van der Waals surface area contributed by atoms with Crippen molar-refractivity contribution in [3.8, 4) is 0 Å². The molecular weight excluding hydrogens is 261 g/mol. The Morgan fingerprint density at radius 2 is 2.11 bits per heavy atom. The first-order chi connectivity index (χ1) is 8.82. The molecule has 0 atom stereocenters. The second kappa shape index (κ2) is 6.53. The molecule has 0 saturated heterocycles. The van der Waals surface area contributed by atoms with Gasteiger partial charge in [-0.3, -0.25) is 9.69 Å². The molecule has 106 valence electrons. The molecule has 1 amide bonds. The SMILES string of the molecule is CN(CCO)CC(=O)Nc1cccc(C(F)(F)F)c1. The minimum atomic E-state index is -4.44. The van der Waals surface area contributed by atoms with E-state index in [-0.39, 0.29) is 18.8 Å². The molecule has 19 heavy (non-hydrogen) atoms. The molecule has 1 rings (SSSR count). The van der Waals surface area contributed by atoms with Gasteiger partial charge in [0.25, 0.3) is 0 Å². The number of halogens is 3. The van der Waals surface area contributed by atoms with Crippen molar-refractivity contribution in [1.82, 2.24) is 4.90 Å². The summed E-state index contributed by atoms with van der Waals surface area (Å²) in [5.74, 6) is -0.435. The summed E-state index contributed by atoms with van der Waals surface area (Å²) < 4.78 is 37.4. The number of benzene rings is 1. The van der Waals surface area contributed by atoms with Gasteiger partial charge in [0, 0.05) is 12.2 Å². The van der Waals surface area contributed by atoms with E-state index in [1.54, 1.807) is 11.9 Å². The van der Waals surface area contributed by atoms with E-state index in [1.165, 1.54) is 12.1 Å². The zero-order chi connectivity index (χ0) is 14.5. The van der Waals surface area contributed by atoms with E-state index in [0.29, 0.717) is 6.54 Å². The highest BCUT2D eigenvalue weighted by Gasteiger charge is 2.30. The van der Waals surface area contributed by atoms with Gasteiger partial charge in [0.1, 0.15) is 0 Å². The van der Waals surface area contributed by atoms with E-state index in [1.807, 2.05) is 0 Å². The Hall–Kier alpha value is -1.60. The van der Waals surface area contributed by atoms with Crippen molar-refractivity contribution >= 4 is 11.6 Å². The Morgan fingerprint density at radius 1 is 1.42 bits per heavy atom. The van der Waals surface area contributed by atoms with Crippen LogP contribution in [0.25, 0.3) is 0 Å². The first kappa shape index (κ1) is 15.5. The fraction of sp³-hybridized carbons (Fsp3) is 0.417. The van der Waals surface area contributed by atoms with Crippen LogP contribution in [0.3, 0.4) is 0 Å². The van der Waals surface area contributed by atoms with Crippen LogP contribution in [0.1, 0.15) is 5.56 Å². The number of aliphatic hydroxyl groups is 1. The molecule has 0 saturated carbocycles. The van der Waals surface area contributed by atoms with Gasteiger partial charge in [-0.2, -0.15) is 13.2 Å². The number of anilines is 1. The van der Waals surface area contributed by atoms with E-state index in [0.717, 1.165) is 12.1 Å². The number of carbonyl (C=O) groups is 1. The molecule has 4 nitrogen and oxygen atoms in total. The van der Waals surface area contributed by atoms with E-state index in [4.69, 9.17) is 5.11 Å². The molecule has 1 aromatic carbocycles. The average Bonchev–Trinajstić information content (AvgIpc) is 2.28. The molecule has 7 heteroatoms. The molecule has 0 aliphatic heterocycles. The molecule has 2 N–H and O–H groups in total. The van der Waals surface area contributed by atoms with Gasteiger partial charge in [0.05, 0.1) is 18.7 Å². The van der Waals surface area contributed by atoms with Gasteiger partial charge < -0.3 is 10.4 Å². The van der Waals surface area contributed by atoms with Crippen LogP contribution < -0.4 is 5.32 Å². The summed E-state index contributed by atoms with van der Waals surface area (Å²) in [6.07, 6.45) is -4.44. The molecule has 0 fully saturated rings. The van der Waals surface area contributed by atoms with Crippen molar-refractivity contribution in [2.45, 2.75) is 6.18 Å². The molecule has 0 radical (unpaired) electrons. The van der Waals surface area contributed by atoms with Crippen molar-refractivity contribution in [3.63, 3.8) is 0 Å². The van der Waals surface area contributed by atoms with Crippen molar-refractivity contribution in [1.29, 1.82) is 0 Å². The van der Waals surface area contributed by atoms with E-state index in [2.05, 4.69) is 5.32 Å². The fourth-order valence-corrected chi connectivity index (χ4v) is 1.47. The Bertz CT molecular complexity index is 435. The number of aliphatic hydroxyl groups excluding tert-OH is 1. The van der Waals surface area contributed by atoms with Crippen molar-refractivity contribution < 1.29 is 23.1 Å². The smallest absolute Gasteiger partial charge is 0.395 e. The summed E-state index contributed by atoms with van der Waals surface area (Å²) in [4.78, 5) is 13.1. The van der Waals surface area contributed by atoms with Gasteiger partial charge >= 0.3 is 6.18 Å². The van der Waals surface area contributed by atoms with Gasteiger partial charge in [0.2, 0.25) is 5.91 Å². The largest absolute Gasteiger partial charge is 0.416 e. The van der Waals surface area contributed by atoms with Crippen LogP contribution in [0.2, 0.25) is 0 Å². The Morgan fingerprint density at radius 3 is 2.68 bits per heavy atom. The van der Waals surface area contributed by atoms with E-state index < -0.39 is 17.6 Å². The van der Waals surface area contributed by atoms with Crippen LogP contribution in [0, 0.1) is 0 Å². The Balaban J connectivity index is 2.65. The van der Waals surface area contributed by atoms with Gasteiger partial charge in [0.15, 0.2) is 0 Å². The summed E-state index contributed by atoms with van der Waals surface area (Å²) in [5.41, 5.74) is -0.716. The minimum Gasteiger partial charge on any atom is -0.395 e. The molecule has 0 aliphatic carbocycles. The topological polar surface area (TPSA) is 52.6 Å². The number of hydrogen-bond acceptors (Lipinski definition) is 3. The van der Waals surface area contributed by atoms with Crippen LogP contribution >= 0.6 is 0 Å². The molecule has 0 unspecified atom stereocenters. The van der Waals surface area contributed by atoms with Crippen LogP contribution in [0.5, 0.6) is 0 Å². The van der Waals surface area contributed by atoms with Crippen molar-refractivity contribution in [2.24, 2.45) is 0 Å². The van der Waals surface area contributed by atoms with Crippen LogP contribution in [0.4, 0.5) is 18.9 Å². The Kier molecular flexibility index (Phi) is 5.31. The van der Waals surface area contributed by atoms with E-state index in [9.17, 15) is 18.0 Å². The van der Waals surface area contributed by atoms with Gasteiger partial charge in [-0.05, 0) is 25.2 Å². The highest BCUT2D eigenvalue weighted by atomic mass is 19.4. The monoisotopic (exact) mass is 276 g/mol. The lowest BCUT2D eigenvalue weighted by Gasteiger charge is -2.15. The number of likely N-dealkylation sites (N-methyl/N-ethyl adjacent to an activating group) is 1. The zero-order valence-corrected chi connectivity index (χ0v) is 10.4. The maximum atomic E-state index is 12.5. The number of amides is 1. The fourth-order valence-electron chi connectivity index (χ4n) is 1.47. The molecule has 1 aromatic rings. The summed E-state index contributed by atoms with van der Waals surface area (Å²) in [7, 11) is 1.63. The molecular formula is C12H15F3N2O2. The highest BCUT2D eigenvalue weighted by Crippen LogP contribution is 2.30. The third-order valence-electron chi connectivity index (χ3n) is 2.37. The van der Waals surface area contributed by atoms with Crippen molar-refractivity contribution in [2.75, 3.05) is 32.1 Å². The lowest BCUT2D eigenvalue weighted by atomic mass is 10.2. The van der Waals surface area contributed by atoms with Gasteiger partial charge in [-0.15, -0.1) is 0 Å². The Labute approximate surface area is 108 Å². The maximum absolute atomic E-state index is 12.5. The lowest BCUT2D eigenvalue weighted by molar-refractivity contribution is -0.137. The lowest BCUT2D eigenvalue weighted by Crippen LogP contribution is -2.32. The van der Waals surface area contributed by atoms with Crippen LogP contribution in [-0.4, -0.2) is 42.7 Å². The minimum absolute atomic E-state index is 0.00317. The summed E-state index contributed by atoms with van der Waals surface area (Å²) in [6.45, 7) is 0.222. The first-order valence-electron chi connectivity index (χ1n) is 5.59. The third kappa shape index (κ3) is 5.27. The predicted octanol–water partition coefficient (Wildman–Crippen LogP) is 1.57. The second-order valence-electron chi connectivity index (χ2n) is 4.09. The highest BCUT2D eigenvalue weighted by molar-refractivity contribution is 5.92. The quantitative estimate of drug-likeness (QED) is 0.858. The average molecular weight is 276 g/mol. The number of hydrogen-bond donors (Lipinski definition) is 2. The molecule has 0 aromatic heterocycles.